The van der Waals surface area contributed by atoms with Crippen LogP contribution in [0.1, 0.15) is 6.42 Å². The van der Waals surface area contributed by atoms with E-state index in [-0.39, 0.29) is 24.5 Å². The molecule has 2 unspecified atom stereocenters. The highest BCUT2D eigenvalue weighted by Crippen LogP contribution is 2.20. The number of amides is 1. The summed E-state index contributed by atoms with van der Waals surface area (Å²) in [7, 11) is 3.58. The Morgan fingerprint density at radius 2 is 2.42 bits per heavy atom. The van der Waals surface area contributed by atoms with E-state index in [1.165, 1.54) is 0 Å². The first-order valence-corrected chi connectivity index (χ1v) is 4.21. The van der Waals surface area contributed by atoms with Gasteiger partial charge in [0.2, 0.25) is 5.91 Å². The van der Waals surface area contributed by atoms with Crippen LogP contribution in [-0.2, 0) is 4.79 Å². The molecule has 0 spiro atoms. The summed E-state index contributed by atoms with van der Waals surface area (Å²) in [6, 6.07) is 0.160. The molecular formula is C8H16N2O2. The monoisotopic (exact) mass is 172 g/mol. The molecule has 0 aromatic carbocycles. The van der Waals surface area contributed by atoms with Gasteiger partial charge in [-0.3, -0.25) is 4.79 Å². The summed E-state index contributed by atoms with van der Waals surface area (Å²) in [4.78, 5) is 13.2. The van der Waals surface area contributed by atoms with Crippen molar-refractivity contribution in [3.63, 3.8) is 0 Å². The molecule has 1 heterocycles. The van der Waals surface area contributed by atoms with Crippen LogP contribution in [0, 0.1) is 5.92 Å². The SMILES string of the molecule is CNC(=O)C1CC(CO)N(C)C1. The molecule has 2 N–H and O–H groups in total. The number of carbonyl (C=O) groups excluding carboxylic acids is 1. The fraction of sp³-hybridized carbons (Fsp3) is 0.875. The van der Waals surface area contributed by atoms with Crippen molar-refractivity contribution in [1.82, 2.24) is 10.2 Å². The Kier molecular flexibility index (Phi) is 3.05. The number of nitrogens with one attached hydrogen (secondary N) is 1. The molecule has 0 aromatic rings. The third kappa shape index (κ3) is 1.76. The molecule has 1 saturated heterocycles. The number of likely N-dealkylation sites (N-methyl/N-ethyl adjacent to an activating group) is 1. The van der Waals surface area contributed by atoms with Crippen LogP contribution in [0.4, 0.5) is 0 Å². The number of aliphatic hydroxyl groups is 1. The summed E-state index contributed by atoms with van der Waals surface area (Å²) in [5.74, 6) is 0.134. The third-order valence-corrected chi connectivity index (χ3v) is 2.52. The van der Waals surface area contributed by atoms with Gasteiger partial charge in [-0.2, -0.15) is 0 Å². The van der Waals surface area contributed by atoms with Crippen LogP contribution in [-0.4, -0.2) is 49.2 Å². The first-order valence-electron chi connectivity index (χ1n) is 4.21. The number of hydrogen-bond donors (Lipinski definition) is 2. The predicted molar refractivity (Wildman–Crippen MR) is 45.7 cm³/mol. The summed E-state index contributed by atoms with van der Waals surface area (Å²) in [6.07, 6.45) is 0.771. The van der Waals surface area contributed by atoms with Gasteiger partial charge in [0.15, 0.2) is 0 Å². The molecule has 12 heavy (non-hydrogen) atoms. The van der Waals surface area contributed by atoms with Crippen molar-refractivity contribution < 1.29 is 9.90 Å². The highest BCUT2D eigenvalue weighted by Gasteiger charge is 2.32. The summed E-state index contributed by atoms with van der Waals surface area (Å²) >= 11 is 0. The number of likely N-dealkylation sites (tertiary alicyclic amines) is 1. The number of nitrogens with zero attached hydrogens (tertiary/aromatic N) is 1. The number of aliphatic hydroxyl groups excluding tert-OH is 1. The average molecular weight is 172 g/mol. The Morgan fingerprint density at radius 1 is 1.75 bits per heavy atom. The Labute approximate surface area is 72.6 Å². The molecule has 4 heteroatoms. The van der Waals surface area contributed by atoms with Gasteiger partial charge >= 0.3 is 0 Å². The third-order valence-electron chi connectivity index (χ3n) is 2.52. The van der Waals surface area contributed by atoms with Gasteiger partial charge in [0.25, 0.3) is 0 Å². The van der Waals surface area contributed by atoms with Crippen molar-refractivity contribution in [2.45, 2.75) is 12.5 Å². The van der Waals surface area contributed by atoms with Crippen molar-refractivity contribution in [2.24, 2.45) is 5.92 Å². The molecule has 1 aliphatic heterocycles. The van der Waals surface area contributed by atoms with Gasteiger partial charge in [-0.05, 0) is 13.5 Å². The number of carbonyl (C=O) groups is 1. The van der Waals surface area contributed by atoms with Gasteiger partial charge in [-0.25, -0.2) is 0 Å². The zero-order valence-corrected chi connectivity index (χ0v) is 7.58. The molecule has 0 aliphatic carbocycles. The van der Waals surface area contributed by atoms with E-state index >= 15 is 0 Å². The summed E-state index contributed by atoms with van der Waals surface area (Å²) < 4.78 is 0. The molecule has 0 aromatic heterocycles. The van der Waals surface area contributed by atoms with Crippen LogP contribution in [0.5, 0.6) is 0 Å². The van der Waals surface area contributed by atoms with Crippen molar-refractivity contribution in [3.05, 3.63) is 0 Å². The van der Waals surface area contributed by atoms with Crippen molar-refractivity contribution in [3.8, 4) is 0 Å². The molecule has 1 aliphatic rings. The van der Waals surface area contributed by atoms with E-state index in [2.05, 4.69) is 5.32 Å². The minimum absolute atomic E-state index is 0.0529. The Balaban J connectivity index is 2.48. The molecule has 0 bridgehead atoms. The normalized spacial score (nSPS) is 30.6. The largest absolute Gasteiger partial charge is 0.395 e. The van der Waals surface area contributed by atoms with E-state index in [0.29, 0.717) is 0 Å². The zero-order chi connectivity index (χ0) is 9.14. The standard InChI is InChI=1S/C8H16N2O2/c1-9-8(12)6-3-7(5-11)10(2)4-6/h6-7,11H,3-5H2,1-2H3,(H,9,12). The van der Waals surface area contributed by atoms with E-state index < -0.39 is 0 Å². The van der Waals surface area contributed by atoms with E-state index in [1.54, 1.807) is 7.05 Å². The van der Waals surface area contributed by atoms with Gasteiger partial charge in [0.05, 0.1) is 12.5 Å². The zero-order valence-electron chi connectivity index (χ0n) is 7.58. The van der Waals surface area contributed by atoms with E-state index in [9.17, 15) is 4.79 Å². The van der Waals surface area contributed by atoms with Crippen molar-refractivity contribution in [2.75, 3.05) is 27.2 Å². The second-order valence-electron chi connectivity index (χ2n) is 3.32. The maximum absolute atomic E-state index is 11.2. The smallest absolute Gasteiger partial charge is 0.224 e. The molecule has 1 amide bonds. The highest BCUT2D eigenvalue weighted by molar-refractivity contribution is 5.78. The molecule has 70 valence electrons. The van der Waals surface area contributed by atoms with Crippen LogP contribution in [0.2, 0.25) is 0 Å². The van der Waals surface area contributed by atoms with Gasteiger partial charge in [-0.15, -0.1) is 0 Å². The lowest BCUT2D eigenvalue weighted by molar-refractivity contribution is -0.124. The summed E-state index contributed by atoms with van der Waals surface area (Å²) in [6.45, 7) is 0.898. The van der Waals surface area contributed by atoms with Crippen LogP contribution in [0.25, 0.3) is 0 Å². The summed E-state index contributed by atoms with van der Waals surface area (Å²) in [5, 5.41) is 11.6. The van der Waals surface area contributed by atoms with Gasteiger partial charge < -0.3 is 15.3 Å². The Hall–Kier alpha value is -0.610. The van der Waals surface area contributed by atoms with Crippen LogP contribution < -0.4 is 5.32 Å². The van der Waals surface area contributed by atoms with E-state index in [0.717, 1.165) is 13.0 Å². The van der Waals surface area contributed by atoms with Crippen LogP contribution >= 0.6 is 0 Å². The van der Waals surface area contributed by atoms with Crippen molar-refractivity contribution >= 4 is 5.91 Å². The second kappa shape index (κ2) is 3.87. The maximum atomic E-state index is 11.2. The van der Waals surface area contributed by atoms with Crippen LogP contribution in [0.3, 0.4) is 0 Å². The lowest BCUT2D eigenvalue weighted by Crippen LogP contribution is -2.29. The molecule has 1 rings (SSSR count). The predicted octanol–water partition coefficient (Wildman–Crippen LogP) is -0.955. The maximum Gasteiger partial charge on any atom is 0.224 e. The minimum atomic E-state index is 0.0529. The van der Waals surface area contributed by atoms with Crippen molar-refractivity contribution in [1.29, 1.82) is 0 Å². The highest BCUT2D eigenvalue weighted by atomic mass is 16.3. The quantitative estimate of drug-likeness (QED) is 0.564. The minimum Gasteiger partial charge on any atom is -0.395 e. The topological polar surface area (TPSA) is 52.6 Å². The second-order valence-corrected chi connectivity index (χ2v) is 3.32. The molecular weight excluding hydrogens is 156 g/mol. The number of hydrogen-bond acceptors (Lipinski definition) is 3. The van der Waals surface area contributed by atoms with E-state index in [1.807, 2.05) is 11.9 Å². The number of rotatable bonds is 2. The van der Waals surface area contributed by atoms with Gasteiger partial charge in [-0.1, -0.05) is 0 Å². The van der Waals surface area contributed by atoms with Gasteiger partial charge in [0.1, 0.15) is 0 Å². The van der Waals surface area contributed by atoms with E-state index in [4.69, 9.17) is 5.11 Å². The average Bonchev–Trinajstić information content (AvgIpc) is 2.45. The first-order chi connectivity index (χ1) is 5.69. The lowest BCUT2D eigenvalue weighted by atomic mass is 10.1. The lowest BCUT2D eigenvalue weighted by Gasteiger charge is -2.15. The summed E-state index contributed by atoms with van der Waals surface area (Å²) in [5.41, 5.74) is 0. The molecule has 0 saturated carbocycles. The molecule has 4 nitrogen and oxygen atoms in total. The fourth-order valence-electron chi connectivity index (χ4n) is 1.69. The Morgan fingerprint density at radius 3 is 2.83 bits per heavy atom. The first kappa shape index (κ1) is 9.48. The fourth-order valence-corrected chi connectivity index (χ4v) is 1.69. The Bertz CT molecular complexity index is 172. The molecule has 2 atom stereocenters. The van der Waals surface area contributed by atoms with Crippen LogP contribution in [0.15, 0.2) is 0 Å². The molecule has 1 fully saturated rings. The van der Waals surface area contributed by atoms with Gasteiger partial charge in [0, 0.05) is 19.6 Å². The molecule has 0 radical (unpaired) electrons.